The van der Waals surface area contributed by atoms with Crippen molar-refractivity contribution in [1.82, 2.24) is 15.3 Å². The van der Waals surface area contributed by atoms with E-state index < -0.39 is 0 Å². The maximum absolute atomic E-state index is 11.4. The zero-order chi connectivity index (χ0) is 10.6. The minimum Gasteiger partial charge on any atom is -0.350 e. The molecule has 0 radical (unpaired) electrons. The highest BCUT2D eigenvalue weighted by Crippen LogP contribution is 1.96. The fourth-order valence-electron chi connectivity index (χ4n) is 0.923. The summed E-state index contributed by atoms with van der Waals surface area (Å²) in [6.45, 7) is 4.08. The van der Waals surface area contributed by atoms with E-state index >= 15 is 0 Å². The number of nitrogens with two attached hydrogens (primary N) is 1. The van der Waals surface area contributed by atoms with Crippen LogP contribution in [-0.4, -0.2) is 21.9 Å². The summed E-state index contributed by atoms with van der Waals surface area (Å²) in [6, 6.07) is 0.108. The van der Waals surface area contributed by atoms with Crippen LogP contribution >= 0.6 is 0 Å². The minimum absolute atomic E-state index is 0.108. The van der Waals surface area contributed by atoms with Gasteiger partial charge in [0.05, 0.1) is 12.1 Å². The second kappa shape index (κ2) is 4.66. The van der Waals surface area contributed by atoms with Crippen LogP contribution in [0.5, 0.6) is 0 Å². The Labute approximate surface area is 82.7 Å². The summed E-state index contributed by atoms with van der Waals surface area (Å²) in [7, 11) is 0. The van der Waals surface area contributed by atoms with E-state index in [0.717, 1.165) is 0 Å². The molecule has 0 bridgehead atoms. The van der Waals surface area contributed by atoms with Crippen LogP contribution in [0.2, 0.25) is 0 Å². The van der Waals surface area contributed by atoms with Crippen LogP contribution in [0.25, 0.3) is 0 Å². The quantitative estimate of drug-likeness (QED) is 0.713. The average Bonchev–Trinajstić information content (AvgIpc) is 2.17. The van der Waals surface area contributed by atoms with E-state index in [1.165, 1.54) is 12.4 Å². The molecule has 0 atom stereocenters. The second-order valence-electron chi connectivity index (χ2n) is 3.22. The van der Waals surface area contributed by atoms with Crippen molar-refractivity contribution in [3.05, 3.63) is 23.8 Å². The van der Waals surface area contributed by atoms with Crippen molar-refractivity contribution in [3.8, 4) is 0 Å². The normalized spacial score (nSPS) is 10.3. The van der Waals surface area contributed by atoms with Crippen LogP contribution in [0.3, 0.4) is 0 Å². The molecule has 3 N–H and O–H groups in total. The van der Waals surface area contributed by atoms with Crippen molar-refractivity contribution in [2.75, 3.05) is 0 Å². The fourth-order valence-corrected chi connectivity index (χ4v) is 0.923. The fraction of sp³-hybridized carbons (Fsp3) is 0.444. The van der Waals surface area contributed by atoms with Gasteiger partial charge in [0.1, 0.15) is 5.82 Å². The lowest BCUT2D eigenvalue weighted by molar-refractivity contribution is 0.0942. The Morgan fingerprint density at radius 3 is 2.50 bits per heavy atom. The zero-order valence-electron chi connectivity index (χ0n) is 8.32. The van der Waals surface area contributed by atoms with E-state index in [9.17, 15) is 4.79 Å². The number of carbonyl (C=O) groups excluding carboxylic acids is 1. The molecule has 0 aromatic carbocycles. The molecule has 0 saturated carbocycles. The predicted octanol–water partition coefficient (Wildman–Crippen LogP) is 0.0735. The number of hydrogen-bond acceptors (Lipinski definition) is 4. The minimum atomic E-state index is -0.163. The maximum atomic E-state index is 11.4. The number of rotatable bonds is 3. The first-order valence-electron chi connectivity index (χ1n) is 4.45. The van der Waals surface area contributed by atoms with Crippen LogP contribution in [0.4, 0.5) is 0 Å². The van der Waals surface area contributed by atoms with Gasteiger partial charge in [0, 0.05) is 18.4 Å². The molecule has 5 heteroatoms. The van der Waals surface area contributed by atoms with Crippen LogP contribution in [0.15, 0.2) is 12.4 Å². The van der Waals surface area contributed by atoms with Crippen LogP contribution < -0.4 is 11.1 Å². The Morgan fingerprint density at radius 1 is 1.50 bits per heavy atom. The Bertz CT molecular complexity index is 307. The Morgan fingerprint density at radius 2 is 2.07 bits per heavy atom. The molecule has 0 aliphatic heterocycles. The van der Waals surface area contributed by atoms with Gasteiger partial charge < -0.3 is 11.1 Å². The van der Waals surface area contributed by atoms with Gasteiger partial charge >= 0.3 is 0 Å². The Hall–Kier alpha value is -1.49. The van der Waals surface area contributed by atoms with Gasteiger partial charge in [-0.25, -0.2) is 9.97 Å². The first-order chi connectivity index (χ1) is 6.63. The molecule has 0 spiro atoms. The summed E-state index contributed by atoms with van der Waals surface area (Å²) in [6.07, 6.45) is 2.96. The molecular formula is C9H14N4O. The molecule has 1 rings (SSSR count). The SMILES string of the molecule is CC(C)NC(=O)c1cnc(CN)nc1. The molecule has 0 unspecified atom stereocenters. The highest BCUT2D eigenvalue weighted by Gasteiger charge is 2.07. The van der Waals surface area contributed by atoms with E-state index in [0.29, 0.717) is 11.4 Å². The van der Waals surface area contributed by atoms with E-state index in [1.807, 2.05) is 13.8 Å². The van der Waals surface area contributed by atoms with Gasteiger partial charge in [-0.1, -0.05) is 0 Å². The molecule has 14 heavy (non-hydrogen) atoms. The molecule has 0 aliphatic rings. The van der Waals surface area contributed by atoms with Crippen LogP contribution in [0, 0.1) is 0 Å². The highest BCUT2D eigenvalue weighted by molar-refractivity contribution is 5.93. The first kappa shape index (κ1) is 10.6. The lowest BCUT2D eigenvalue weighted by Crippen LogP contribution is -2.30. The summed E-state index contributed by atoms with van der Waals surface area (Å²) < 4.78 is 0. The lowest BCUT2D eigenvalue weighted by Gasteiger charge is -2.07. The van der Waals surface area contributed by atoms with Crippen molar-refractivity contribution in [2.45, 2.75) is 26.4 Å². The highest BCUT2D eigenvalue weighted by atomic mass is 16.1. The molecule has 76 valence electrons. The standard InChI is InChI=1S/C9H14N4O/c1-6(2)13-9(14)7-4-11-8(3-10)12-5-7/h4-6H,3,10H2,1-2H3,(H,13,14). The van der Waals surface area contributed by atoms with E-state index in [1.54, 1.807) is 0 Å². The van der Waals surface area contributed by atoms with E-state index in [4.69, 9.17) is 5.73 Å². The van der Waals surface area contributed by atoms with Gasteiger partial charge in [0.15, 0.2) is 0 Å². The monoisotopic (exact) mass is 194 g/mol. The number of hydrogen-bond donors (Lipinski definition) is 2. The summed E-state index contributed by atoms with van der Waals surface area (Å²) in [5, 5.41) is 2.75. The van der Waals surface area contributed by atoms with E-state index in [2.05, 4.69) is 15.3 Å². The van der Waals surface area contributed by atoms with Crippen molar-refractivity contribution in [1.29, 1.82) is 0 Å². The number of aromatic nitrogens is 2. The summed E-state index contributed by atoms with van der Waals surface area (Å²) in [5.41, 5.74) is 5.79. The number of carbonyl (C=O) groups is 1. The van der Waals surface area contributed by atoms with Gasteiger partial charge in [-0.05, 0) is 13.8 Å². The van der Waals surface area contributed by atoms with Gasteiger partial charge in [0.25, 0.3) is 5.91 Å². The van der Waals surface area contributed by atoms with Gasteiger partial charge in [-0.3, -0.25) is 4.79 Å². The van der Waals surface area contributed by atoms with Gasteiger partial charge in [-0.2, -0.15) is 0 Å². The Balaban J connectivity index is 2.71. The van der Waals surface area contributed by atoms with E-state index in [-0.39, 0.29) is 18.5 Å². The molecule has 1 amide bonds. The second-order valence-corrected chi connectivity index (χ2v) is 3.22. The molecule has 0 saturated heterocycles. The molecule has 1 heterocycles. The topological polar surface area (TPSA) is 80.9 Å². The van der Waals surface area contributed by atoms with Gasteiger partial charge in [-0.15, -0.1) is 0 Å². The predicted molar refractivity (Wildman–Crippen MR) is 52.5 cm³/mol. The van der Waals surface area contributed by atoms with Crippen LogP contribution in [-0.2, 0) is 6.54 Å². The summed E-state index contributed by atoms with van der Waals surface area (Å²) in [5.74, 6) is 0.370. The number of nitrogens with one attached hydrogen (secondary N) is 1. The average molecular weight is 194 g/mol. The molecular weight excluding hydrogens is 180 g/mol. The summed E-state index contributed by atoms with van der Waals surface area (Å²) in [4.78, 5) is 19.3. The van der Waals surface area contributed by atoms with Crippen molar-refractivity contribution in [3.63, 3.8) is 0 Å². The summed E-state index contributed by atoms with van der Waals surface area (Å²) >= 11 is 0. The Kier molecular flexibility index (Phi) is 3.53. The third-order valence-electron chi connectivity index (χ3n) is 1.57. The molecule has 1 aromatic rings. The molecule has 0 fully saturated rings. The molecule has 5 nitrogen and oxygen atoms in total. The molecule has 0 aliphatic carbocycles. The number of amides is 1. The van der Waals surface area contributed by atoms with Crippen LogP contribution in [0.1, 0.15) is 30.0 Å². The first-order valence-corrected chi connectivity index (χ1v) is 4.45. The molecule has 1 aromatic heterocycles. The van der Waals surface area contributed by atoms with Gasteiger partial charge in [0.2, 0.25) is 0 Å². The largest absolute Gasteiger partial charge is 0.350 e. The third-order valence-corrected chi connectivity index (χ3v) is 1.57. The zero-order valence-corrected chi connectivity index (χ0v) is 8.32. The lowest BCUT2D eigenvalue weighted by atomic mass is 10.3. The van der Waals surface area contributed by atoms with Crippen molar-refractivity contribution >= 4 is 5.91 Å². The van der Waals surface area contributed by atoms with Crippen molar-refractivity contribution < 1.29 is 4.79 Å². The third kappa shape index (κ3) is 2.77. The van der Waals surface area contributed by atoms with Crippen molar-refractivity contribution in [2.24, 2.45) is 5.73 Å². The smallest absolute Gasteiger partial charge is 0.254 e. The number of nitrogens with zero attached hydrogens (tertiary/aromatic N) is 2. The maximum Gasteiger partial charge on any atom is 0.254 e.